The van der Waals surface area contributed by atoms with Gasteiger partial charge in [0.25, 0.3) is 0 Å². The molecule has 4 fully saturated rings. The van der Waals surface area contributed by atoms with E-state index in [1.165, 1.54) is 19.3 Å². The lowest BCUT2D eigenvalue weighted by molar-refractivity contribution is -0.133. The van der Waals surface area contributed by atoms with Crippen LogP contribution in [0.1, 0.15) is 44.9 Å². The molecule has 0 aromatic carbocycles. The second-order valence-electron chi connectivity index (χ2n) is 10.3. The number of pyridine rings is 1. The molecule has 5 rings (SSSR count). The number of fused-ring (bicyclic) bond motifs is 2. The van der Waals surface area contributed by atoms with Gasteiger partial charge in [0.05, 0.1) is 17.4 Å². The summed E-state index contributed by atoms with van der Waals surface area (Å²) >= 11 is 0. The quantitative estimate of drug-likeness (QED) is 0.632. The van der Waals surface area contributed by atoms with Crippen LogP contribution >= 0.6 is 0 Å². The predicted molar refractivity (Wildman–Crippen MR) is 141 cm³/mol. The van der Waals surface area contributed by atoms with E-state index >= 15 is 0 Å². The Hall–Kier alpha value is -2.94. The van der Waals surface area contributed by atoms with Gasteiger partial charge in [-0.3, -0.25) is 9.79 Å². The number of rotatable bonds is 5. The minimum Gasteiger partial charge on any atom is -0.368 e. The summed E-state index contributed by atoms with van der Waals surface area (Å²) in [6.07, 6.45) is 11.1. The van der Waals surface area contributed by atoms with E-state index in [4.69, 9.17) is 4.99 Å². The first-order valence-electron chi connectivity index (χ1n) is 13.0. The Labute approximate surface area is 208 Å². The molecule has 1 spiro atoms. The highest BCUT2D eigenvalue weighted by molar-refractivity contribution is 6.03. The normalized spacial score (nSPS) is 27.1. The fourth-order valence-electron chi connectivity index (χ4n) is 6.07. The number of amidine groups is 1. The Morgan fingerprint density at radius 1 is 1.23 bits per heavy atom. The molecule has 1 aromatic rings. The number of amides is 1. The molecule has 3 saturated heterocycles. The number of aromatic nitrogens is 1. The molecular weight excluding hydrogens is 440 g/mol. The molecule has 4 heterocycles. The van der Waals surface area contributed by atoms with Crippen LogP contribution in [0.3, 0.4) is 0 Å². The van der Waals surface area contributed by atoms with Gasteiger partial charge in [0.2, 0.25) is 5.91 Å². The second-order valence-corrected chi connectivity index (χ2v) is 10.3. The third kappa shape index (κ3) is 4.91. The first-order valence-corrected chi connectivity index (χ1v) is 13.0. The zero-order valence-electron chi connectivity index (χ0n) is 20.9. The molecule has 0 radical (unpaired) electrons. The second kappa shape index (κ2) is 10.4. The molecule has 3 aliphatic heterocycles. The summed E-state index contributed by atoms with van der Waals surface area (Å²) in [5.41, 5.74) is 2.17. The molecule has 1 amide bonds. The molecule has 1 aliphatic carbocycles. The van der Waals surface area contributed by atoms with Crippen molar-refractivity contribution in [1.29, 1.82) is 0 Å². The standard InChI is InChI=1S/C26H38N8O/c1-27-16-20-6-8-22-25(35)29-18-26(10-4-3-5-11-26)34(22)24(20)31-19-30-23-9-7-21(17-28-23)33-14-12-32(2)13-15-33/h7,9,16-17,22H,1,3-6,8,10-15,18-19H2,2H3,(H,28,30)(H,29,35)/b20-16-,31-24+. The average Bonchev–Trinajstić information content (AvgIpc) is 2.89. The topological polar surface area (TPSA) is 88.5 Å². The van der Waals surface area contributed by atoms with Crippen LogP contribution in [0.5, 0.6) is 0 Å². The van der Waals surface area contributed by atoms with Gasteiger partial charge < -0.3 is 25.3 Å². The SMILES string of the molecule is C=N/C=C1/CCC2C(=O)NCC3(CCCCC3)N2/C1=N/CNc1ccc(N2CCN(C)CC2)cn1. The number of hydrogen-bond acceptors (Lipinski definition) is 7. The van der Waals surface area contributed by atoms with Crippen molar-refractivity contribution in [2.24, 2.45) is 9.98 Å². The van der Waals surface area contributed by atoms with Crippen LogP contribution in [-0.4, -0.2) is 91.3 Å². The van der Waals surface area contributed by atoms with Crippen LogP contribution in [-0.2, 0) is 4.79 Å². The summed E-state index contributed by atoms with van der Waals surface area (Å²) in [6, 6.07) is 3.99. The van der Waals surface area contributed by atoms with E-state index in [0.717, 1.165) is 74.8 Å². The summed E-state index contributed by atoms with van der Waals surface area (Å²) in [4.78, 5) is 33.6. The van der Waals surface area contributed by atoms with E-state index < -0.39 is 0 Å². The van der Waals surface area contributed by atoms with Crippen LogP contribution in [0, 0.1) is 0 Å². The van der Waals surface area contributed by atoms with Gasteiger partial charge in [-0.2, -0.15) is 0 Å². The van der Waals surface area contributed by atoms with Crippen LogP contribution < -0.4 is 15.5 Å². The highest BCUT2D eigenvalue weighted by Crippen LogP contribution is 2.41. The van der Waals surface area contributed by atoms with Crippen LogP contribution in [0.25, 0.3) is 0 Å². The van der Waals surface area contributed by atoms with Crippen molar-refractivity contribution in [3.05, 3.63) is 30.1 Å². The molecule has 1 unspecified atom stereocenters. The van der Waals surface area contributed by atoms with Crippen molar-refractivity contribution in [3.8, 4) is 0 Å². The van der Waals surface area contributed by atoms with Crippen LogP contribution in [0.2, 0.25) is 0 Å². The van der Waals surface area contributed by atoms with Crippen molar-refractivity contribution in [2.75, 3.05) is 56.7 Å². The molecule has 9 heteroatoms. The molecule has 9 nitrogen and oxygen atoms in total. The Kier molecular flexibility index (Phi) is 7.04. The van der Waals surface area contributed by atoms with Crippen molar-refractivity contribution in [2.45, 2.75) is 56.5 Å². The molecule has 1 atom stereocenters. The van der Waals surface area contributed by atoms with E-state index in [1.807, 2.05) is 18.5 Å². The average molecular weight is 479 g/mol. The smallest absolute Gasteiger partial charge is 0.242 e. The Morgan fingerprint density at radius 2 is 2.03 bits per heavy atom. The van der Waals surface area contributed by atoms with E-state index in [1.54, 1.807) is 0 Å². The van der Waals surface area contributed by atoms with Gasteiger partial charge in [-0.15, -0.1) is 0 Å². The van der Waals surface area contributed by atoms with E-state index in [2.05, 4.69) is 55.1 Å². The minimum atomic E-state index is -0.163. The lowest BCUT2D eigenvalue weighted by Crippen LogP contribution is -2.71. The van der Waals surface area contributed by atoms with Gasteiger partial charge in [-0.1, -0.05) is 19.3 Å². The predicted octanol–water partition coefficient (Wildman–Crippen LogP) is 2.48. The number of nitrogens with one attached hydrogen (secondary N) is 2. The zero-order valence-corrected chi connectivity index (χ0v) is 20.9. The monoisotopic (exact) mass is 478 g/mol. The van der Waals surface area contributed by atoms with Gasteiger partial charge in [-0.05, 0) is 51.6 Å². The van der Waals surface area contributed by atoms with Gasteiger partial charge in [-0.25, -0.2) is 9.98 Å². The number of carbonyl (C=O) groups is 1. The summed E-state index contributed by atoms with van der Waals surface area (Å²) in [7, 11) is 2.16. The van der Waals surface area contributed by atoms with Crippen molar-refractivity contribution < 1.29 is 4.79 Å². The number of piperazine rings is 2. The summed E-state index contributed by atoms with van der Waals surface area (Å²) in [5.74, 6) is 1.82. The molecule has 2 N–H and O–H groups in total. The fourth-order valence-corrected chi connectivity index (χ4v) is 6.07. The van der Waals surface area contributed by atoms with E-state index in [-0.39, 0.29) is 17.5 Å². The van der Waals surface area contributed by atoms with Gasteiger partial charge in [0.1, 0.15) is 24.4 Å². The van der Waals surface area contributed by atoms with Crippen molar-refractivity contribution in [1.82, 2.24) is 20.1 Å². The fraction of sp³-hybridized carbons (Fsp3) is 0.615. The summed E-state index contributed by atoms with van der Waals surface area (Å²) in [5, 5.41) is 6.57. The summed E-state index contributed by atoms with van der Waals surface area (Å²) < 4.78 is 0. The number of nitrogens with zero attached hydrogens (tertiary/aromatic N) is 6. The van der Waals surface area contributed by atoms with E-state index in [0.29, 0.717) is 13.2 Å². The van der Waals surface area contributed by atoms with Gasteiger partial charge >= 0.3 is 0 Å². The zero-order chi connectivity index (χ0) is 24.3. The molecule has 35 heavy (non-hydrogen) atoms. The Balaban J connectivity index is 1.33. The minimum absolute atomic E-state index is 0.0568. The summed E-state index contributed by atoms with van der Waals surface area (Å²) in [6.45, 7) is 8.96. The third-order valence-electron chi connectivity index (χ3n) is 8.06. The first kappa shape index (κ1) is 23.8. The number of aliphatic imine (C=N–C) groups is 2. The first-order chi connectivity index (χ1) is 17.1. The van der Waals surface area contributed by atoms with Gasteiger partial charge in [0, 0.05) is 44.5 Å². The number of hydrogen-bond donors (Lipinski definition) is 2. The molecular formula is C26H38N8O. The maximum atomic E-state index is 12.8. The van der Waals surface area contributed by atoms with Crippen LogP contribution in [0.4, 0.5) is 11.5 Å². The number of anilines is 2. The number of piperidine rings is 1. The molecule has 4 aliphatic rings. The van der Waals surface area contributed by atoms with Crippen LogP contribution in [0.15, 0.2) is 40.1 Å². The molecule has 0 bridgehead atoms. The molecule has 1 saturated carbocycles. The highest BCUT2D eigenvalue weighted by atomic mass is 16.2. The lowest BCUT2D eigenvalue weighted by Gasteiger charge is -2.56. The Morgan fingerprint density at radius 3 is 2.74 bits per heavy atom. The maximum Gasteiger partial charge on any atom is 0.242 e. The number of carbonyl (C=O) groups excluding carboxylic acids is 1. The number of likely N-dealkylation sites (N-methyl/N-ethyl adjacent to an activating group) is 1. The molecule has 1 aromatic heterocycles. The highest BCUT2D eigenvalue weighted by Gasteiger charge is 2.50. The molecule has 188 valence electrons. The van der Waals surface area contributed by atoms with E-state index in [9.17, 15) is 4.79 Å². The maximum absolute atomic E-state index is 12.8. The largest absolute Gasteiger partial charge is 0.368 e. The Bertz CT molecular complexity index is 974. The third-order valence-corrected chi connectivity index (χ3v) is 8.06. The van der Waals surface area contributed by atoms with Crippen molar-refractivity contribution >= 4 is 30.0 Å². The van der Waals surface area contributed by atoms with Gasteiger partial charge in [0.15, 0.2) is 0 Å². The lowest BCUT2D eigenvalue weighted by atomic mass is 9.75. The van der Waals surface area contributed by atoms with Crippen molar-refractivity contribution in [3.63, 3.8) is 0 Å².